The molecule has 0 radical (unpaired) electrons. The first-order valence-electron chi connectivity index (χ1n) is 10.1. The van der Waals surface area contributed by atoms with Crippen molar-refractivity contribution in [3.05, 3.63) is 78.5 Å². The largest absolute Gasteiger partial charge is 0.491 e. The second-order valence-corrected chi connectivity index (χ2v) is 7.34. The smallest absolute Gasteiger partial charge is 0.241 e. The van der Waals surface area contributed by atoms with E-state index in [9.17, 15) is 9.18 Å². The Bertz CT molecular complexity index is 1210. The van der Waals surface area contributed by atoms with Gasteiger partial charge in [-0.2, -0.15) is 0 Å². The molecule has 0 atom stereocenters. The van der Waals surface area contributed by atoms with E-state index in [0.717, 1.165) is 5.56 Å². The van der Waals surface area contributed by atoms with E-state index in [1.807, 2.05) is 38.1 Å². The average molecular weight is 432 g/mol. The number of hydrogen-bond donors (Lipinski definition) is 1. The summed E-state index contributed by atoms with van der Waals surface area (Å²) in [7, 11) is 0. The Labute approximate surface area is 184 Å². The number of rotatable bonds is 7. The molecule has 0 fully saturated rings. The van der Waals surface area contributed by atoms with Crippen LogP contribution in [0.4, 0.5) is 10.3 Å². The second kappa shape index (κ2) is 9.38. The fourth-order valence-electron chi connectivity index (χ4n) is 3.22. The van der Waals surface area contributed by atoms with Crippen molar-refractivity contribution >= 4 is 11.8 Å². The summed E-state index contributed by atoms with van der Waals surface area (Å²) in [5.41, 5.74) is 2.81. The second-order valence-electron chi connectivity index (χ2n) is 7.34. The maximum absolute atomic E-state index is 13.4. The van der Waals surface area contributed by atoms with Gasteiger partial charge in [-0.3, -0.25) is 10.1 Å². The predicted molar refractivity (Wildman–Crippen MR) is 117 cm³/mol. The molecular weight excluding hydrogens is 411 g/mol. The Balaban J connectivity index is 1.64. The Morgan fingerprint density at radius 1 is 1.12 bits per heavy atom. The molecule has 162 valence electrons. The number of para-hydroxylation sites is 1. The zero-order valence-corrected chi connectivity index (χ0v) is 17.6. The number of halogens is 1. The van der Waals surface area contributed by atoms with Crippen molar-refractivity contribution in [3.63, 3.8) is 0 Å². The van der Waals surface area contributed by atoms with Crippen molar-refractivity contribution in [1.29, 1.82) is 0 Å². The lowest BCUT2D eigenvalue weighted by Crippen LogP contribution is -2.16. The molecule has 0 saturated carbocycles. The molecule has 0 spiro atoms. The van der Waals surface area contributed by atoms with Crippen molar-refractivity contribution in [1.82, 2.24) is 15.1 Å². The van der Waals surface area contributed by atoms with Crippen LogP contribution in [0.25, 0.3) is 22.5 Å². The highest BCUT2D eigenvalue weighted by Gasteiger charge is 2.22. The topological polar surface area (TPSA) is 90.1 Å². The van der Waals surface area contributed by atoms with Crippen LogP contribution in [0.1, 0.15) is 19.4 Å². The van der Waals surface area contributed by atoms with Crippen LogP contribution in [-0.4, -0.2) is 27.1 Å². The molecule has 7 nitrogen and oxygen atoms in total. The minimum Gasteiger partial charge on any atom is -0.491 e. The molecule has 4 rings (SSSR count). The Morgan fingerprint density at radius 3 is 2.62 bits per heavy atom. The van der Waals surface area contributed by atoms with E-state index in [1.54, 1.807) is 24.4 Å². The molecule has 0 unspecified atom stereocenters. The molecule has 32 heavy (non-hydrogen) atoms. The van der Waals surface area contributed by atoms with E-state index in [0.29, 0.717) is 28.3 Å². The van der Waals surface area contributed by atoms with Crippen molar-refractivity contribution in [2.24, 2.45) is 0 Å². The van der Waals surface area contributed by atoms with Gasteiger partial charge in [-0.15, -0.1) is 0 Å². The molecule has 0 aliphatic heterocycles. The summed E-state index contributed by atoms with van der Waals surface area (Å²) in [6.07, 6.45) is 3.03. The molecular formula is C24H21FN4O3. The molecule has 0 aliphatic rings. The lowest BCUT2D eigenvalue weighted by atomic mass is 10.0. The van der Waals surface area contributed by atoms with Gasteiger partial charge in [0.15, 0.2) is 0 Å². The minimum atomic E-state index is -0.364. The van der Waals surface area contributed by atoms with E-state index >= 15 is 0 Å². The van der Waals surface area contributed by atoms with Crippen LogP contribution in [0, 0.1) is 5.82 Å². The molecule has 2 aromatic heterocycles. The van der Waals surface area contributed by atoms with Gasteiger partial charge in [0.25, 0.3) is 0 Å². The van der Waals surface area contributed by atoms with Crippen LogP contribution in [0.3, 0.4) is 0 Å². The third-order valence-corrected chi connectivity index (χ3v) is 4.59. The highest BCUT2D eigenvalue weighted by Crippen LogP contribution is 2.36. The lowest BCUT2D eigenvalue weighted by Gasteiger charge is -2.14. The van der Waals surface area contributed by atoms with Gasteiger partial charge >= 0.3 is 0 Å². The van der Waals surface area contributed by atoms with E-state index < -0.39 is 0 Å². The van der Waals surface area contributed by atoms with E-state index in [2.05, 4.69) is 20.4 Å². The van der Waals surface area contributed by atoms with Crippen LogP contribution < -0.4 is 10.1 Å². The SMILES string of the molecule is CC(C)Oc1ccccc1CC(=O)Nc1onc(-c2ccc(F)cc2)c1-c1ccncn1. The number of carbonyl (C=O) groups is 1. The highest BCUT2D eigenvalue weighted by molar-refractivity contribution is 5.97. The summed E-state index contributed by atoms with van der Waals surface area (Å²) >= 11 is 0. The zero-order chi connectivity index (χ0) is 22.5. The van der Waals surface area contributed by atoms with Gasteiger partial charge in [0.05, 0.1) is 23.8 Å². The highest BCUT2D eigenvalue weighted by atomic mass is 19.1. The molecule has 1 N–H and O–H groups in total. The maximum atomic E-state index is 13.4. The number of aromatic nitrogens is 3. The summed E-state index contributed by atoms with van der Waals surface area (Å²) in [5.74, 6) is 0.132. The van der Waals surface area contributed by atoms with Gasteiger partial charge in [0.1, 0.15) is 23.6 Å². The summed E-state index contributed by atoms with van der Waals surface area (Å²) in [4.78, 5) is 21.1. The van der Waals surface area contributed by atoms with Gasteiger partial charge in [-0.1, -0.05) is 23.4 Å². The van der Waals surface area contributed by atoms with Crippen LogP contribution >= 0.6 is 0 Å². The van der Waals surface area contributed by atoms with Gasteiger partial charge in [-0.25, -0.2) is 14.4 Å². The number of benzene rings is 2. The van der Waals surface area contributed by atoms with Crippen LogP contribution in [-0.2, 0) is 11.2 Å². The molecule has 2 aromatic carbocycles. The third-order valence-electron chi connectivity index (χ3n) is 4.59. The molecule has 0 aliphatic carbocycles. The standard InChI is InChI=1S/C24H21FN4O3/c1-15(2)31-20-6-4-3-5-17(20)13-21(30)28-24-22(19-11-12-26-14-27-19)23(29-32-24)16-7-9-18(25)10-8-16/h3-12,14-15H,13H2,1-2H3,(H,28,30). The molecule has 0 saturated heterocycles. The minimum absolute atomic E-state index is 0.0175. The predicted octanol–water partition coefficient (Wildman–Crippen LogP) is 4.91. The molecule has 8 heteroatoms. The number of nitrogens with one attached hydrogen (secondary N) is 1. The number of hydrogen-bond acceptors (Lipinski definition) is 6. The third kappa shape index (κ3) is 4.80. The number of amides is 1. The van der Waals surface area contributed by atoms with Gasteiger partial charge in [0.2, 0.25) is 11.8 Å². The van der Waals surface area contributed by atoms with E-state index in [4.69, 9.17) is 9.26 Å². The van der Waals surface area contributed by atoms with E-state index in [1.165, 1.54) is 18.5 Å². The Hall–Kier alpha value is -4.07. The quantitative estimate of drug-likeness (QED) is 0.446. The van der Waals surface area contributed by atoms with Crippen molar-refractivity contribution < 1.29 is 18.4 Å². The Morgan fingerprint density at radius 2 is 1.91 bits per heavy atom. The van der Waals surface area contributed by atoms with Crippen molar-refractivity contribution in [2.75, 3.05) is 5.32 Å². The summed E-state index contributed by atoms with van der Waals surface area (Å²) < 4.78 is 24.7. The van der Waals surface area contributed by atoms with Crippen LogP contribution in [0.15, 0.2) is 71.6 Å². The number of anilines is 1. The zero-order valence-electron chi connectivity index (χ0n) is 17.6. The van der Waals surface area contributed by atoms with Crippen LogP contribution in [0.5, 0.6) is 5.75 Å². The first-order valence-corrected chi connectivity index (χ1v) is 10.1. The molecule has 4 aromatic rings. The fourth-order valence-corrected chi connectivity index (χ4v) is 3.22. The molecule has 0 bridgehead atoms. The summed E-state index contributed by atoms with van der Waals surface area (Å²) in [5, 5.41) is 6.89. The van der Waals surface area contributed by atoms with Gasteiger partial charge in [0, 0.05) is 17.3 Å². The van der Waals surface area contributed by atoms with Crippen molar-refractivity contribution in [2.45, 2.75) is 26.4 Å². The monoisotopic (exact) mass is 432 g/mol. The normalized spacial score (nSPS) is 10.9. The number of nitrogens with zero attached hydrogens (tertiary/aromatic N) is 3. The van der Waals surface area contributed by atoms with Crippen LogP contribution in [0.2, 0.25) is 0 Å². The first kappa shape index (κ1) is 21.2. The number of ether oxygens (including phenoxy) is 1. The van der Waals surface area contributed by atoms with Gasteiger partial charge < -0.3 is 9.26 Å². The average Bonchev–Trinajstić information content (AvgIpc) is 3.19. The summed E-state index contributed by atoms with van der Waals surface area (Å²) in [6, 6.07) is 14.9. The fraction of sp³-hybridized carbons (Fsp3) is 0.167. The molecule has 2 heterocycles. The van der Waals surface area contributed by atoms with Crippen molar-refractivity contribution in [3.8, 4) is 28.3 Å². The summed E-state index contributed by atoms with van der Waals surface area (Å²) in [6.45, 7) is 3.85. The number of carbonyl (C=O) groups excluding carboxylic acids is 1. The van der Waals surface area contributed by atoms with Gasteiger partial charge in [-0.05, 0) is 50.2 Å². The first-order chi connectivity index (χ1) is 15.5. The lowest BCUT2D eigenvalue weighted by molar-refractivity contribution is -0.115. The van der Waals surface area contributed by atoms with E-state index in [-0.39, 0.29) is 30.1 Å². The Kier molecular flexibility index (Phi) is 6.21. The molecule has 1 amide bonds. The maximum Gasteiger partial charge on any atom is 0.241 e.